The van der Waals surface area contributed by atoms with Crippen LogP contribution in [0, 0.1) is 36.5 Å². The summed E-state index contributed by atoms with van der Waals surface area (Å²) in [6.45, 7) is 2.46. The highest BCUT2D eigenvalue weighted by Crippen LogP contribution is 2.69. The molecule has 4 aliphatic rings. The maximum absolute atomic E-state index is 14.1. The molecule has 2 amide bonds. The number of nitrogens with one attached hydrogen (secondary N) is 1. The van der Waals surface area contributed by atoms with E-state index in [-0.39, 0.29) is 51.5 Å². The van der Waals surface area contributed by atoms with Crippen molar-refractivity contribution < 1.29 is 19.1 Å². The number of thioether (sulfide) groups is 1. The summed E-state index contributed by atoms with van der Waals surface area (Å²) in [5.74, 6) is 0.219. The Hall–Kier alpha value is -3.53. The lowest BCUT2D eigenvalue weighted by Crippen LogP contribution is -2.42. The van der Waals surface area contributed by atoms with E-state index in [2.05, 4.69) is 24.0 Å². The lowest BCUT2D eigenvalue weighted by Gasteiger charge is -2.43. The first-order valence-electron chi connectivity index (χ1n) is 14.7. The van der Waals surface area contributed by atoms with E-state index in [4.69, 9.17) is 21.1 Å². The van der Waals surface area contributed by atoms with Crippen molar-refractivity contribution >= 4 is 52.2 Å². The van der Waals surface area contributed by atoms with E-state index in [0.29, 0.717) is 28.8 Å². The van der Waals surface area contributed by atoms with Gasteiger partial charge in [0.2, 0.25) is 11.8 Å². The van der Waals surface area contributed by atoms with Crippen LogP contribution in [-0.4, -0.2) is 29.2 Å². The number of hydrogen-bond donors (Lipinski definition) is 1. The highest BCUT2D eigenvalue weighted by atomic mass is 35.5. The molecule has 3 heterocycles. The van der Waals surface area contributed by atoms with Crippen molar-refractivity contribution in [3.63, 3.8) is 0 Å². The molecule has 2 bridgehead atoms. The van der Waals surface area contributed by atoms with Gasteiger partial charge in [-0.15, -0.1) is 11.8 Å². The van der Waals surface area contributed by atoms with Gasteiger partial charge in [-0.25, -0.2) is 0 Å². The Morgan fingerprint density at radius 3 is 2.48 bits per heavy atom. The molecule has 0 spiro atoms. The Balaban J connectivity index is 1.19. The first-order chi connectivity index (χ1) is 21.3. The predicted molar refractivity (Wildman–Crippen MR) is 171 cm³/mol. The Morgan fingerprint density at radius 1 is 0.977 bits per heavy atom. The minimum absolute atomic E-state index is 0.0132. The second-order valence-corrected chi connectivity index (χ2v) is 14.7. The normalized spacial score (nSPS) is 28.2. The molecule has 2 saturated carbocycles. The number of nitrogens with zero attached hydrogens (tertiary/aromatic N) is 1. The van der Waals surface area contributed by atoms with Gasteiger partial charge in [-0.1, -0.05) is 47.2 Å². The lowest BCUT2D eigenvalue weighted by atomic mass is 9.68. The monoisotopic (exact) mass is 644 g/mol. The standard InChI is InChI=1S/C34H29ClN2O5S2/c1-16-5-3-4-6-17(16)15-42-24-12-7-18(35)13-21(24)25-26-22-14-23(29(26)43-31-30(25)44-34(40)36-31)28-27(22)32(38)37(33(28)39)19-8-10-20(41-2)11-9-19/h3-13,22-23,25-29H,14-15H2,1-2H3,(H,36,40)/t22?,23?,25-,26?,27?,28?,29?/m1/s1. The van der Waals surface area contributed by atoms with Gasteiger partial charge in [0.05, 0.1) is 29.7 Å². The van der Waals surface area contributed by atoms with Crippen molar-refractivity contribution in [2.24, 2.45) is 29.6 Å². The molecular weight excluding hydrogens is 616 g/mol. The summed E-state index contributed by atoms with van der Waals surface area (Å²) in [5, 5.41) is 1.50. The number of methoxy groups -OCH3 is 1. The number of aryl methyl sites for hydroxylation is 1. The van der Waals surface area contributed by atoms with Crippen LogP contribution in [0.5, 0.6) is 11.5 Å². The summed E-state index contributed by atoms with van der Waals surface area (Å²) >= 11 is 9.52. The smallest absolute Gasteiger partial charge is 0.305 e. The number of H-pyrrole nitrogens is 1. The van der Waals surface area contributed by atoms with Crippen molar-refractivity contribution in [3.05, 3.63) is 103 Å². The molecule has 7 atom stereocenters. The van der Waals surface area contributed by atoms with E-state index in [1.165, 1.54) is 16.2 Å². The van der Waals surface area contributed by atoms with Crippen molar-refractivity contribution in [1.29, 1.82) is 0 Å². The highest BCUT2D eigenvalue weighted by Gasteiger charge is 2.69. The minimum Gasteiger partial charge on any atom is -0.497 e. The average molecular weight is 645 g/mol. The largest absolute Gasteiger partial charge is 0.497 e. The van der Waals surface area contributed by atoms with E-state index in [9.17, 15) is 14.4 Å². The number of benzene rings is 3. The molecule has 3 aromatic carbocycles. The number of halogens is 1. The fraction of sp³-hybridized carbons (Fsp3) is 0.324. The molecular formula is C34H29ClN2O5S2. The second kappa shape index (κ2) is 10.5. The zero-order valence-electron chi connectivity index (χ0n) is 24.0. The zero-order valence-corrected chi connectivity index (χ0v) is 26.4. The molecule has 3 fully saturated rings. The maximum Gasteiger partial charge on any atom is 0.305 e. The Kier molecular flexibility index (Phi) is 6.70. The van der Waals surface area contributed by atoms with Crippen molar-refractivity contribution in [1.82, 2.24) is 4.98 Å². The third-order valence-corrected chi connectivity index (χ3v) is 12.8. The number of hydrogen-bond acceptors (Lipinski definition) is 7. The van der Waals surface area contributed by atoms with Crippen LogP contribution in [0.25, 0.3) is 0 Å². The van der Waals surface area contributed by atoms with Crippen LogP contribution >= 0.6 is 34.7 Å². The molecule has 10 heteroatoms. The molecule has 2 aliphatic heterocycles. The number of rotatable bonds is 6. The molecule has 2 aliphatic carbocycles. The summed E-state index contributed by atoms with van der Waals surface area (Å²) in [7, 11) is 1.59. The van der Waals surface area contributed by atoms with E-state index in [1.54, 1.807) is 43.1 Å². The fourth-order valence-electron chi connectivity index (χ4n) is 8.17. The predicted octanol–water partition coefficient (Wildman–Crippen LogP) is 6.66. The van der Waals surface area contributed by atoms with Gasteiger partial charge in [-0.05, 0) is 84.7 Å². The number of amides is 2. The van der Waals surface area contributed by atoms with Crippen molar-refractivity contribution in [2.75, 3.05) is 12.0 Å². The Labute approximate surface area is 267 Å². The Morgan fingerprint density at radius 2 is 1.73 bits per heavy atom. The van der Waals surface area contributed by atoms with Crippen LogP contribution in [0.1, 0.15) is 33.9 Å². The number of imide groups is 1. The van der Waals surface area contributed by atoms with Crippen molar-refractivity contribution in [3.8, 4) is 11.5 Å². The third-order valence-electron chi connectivity index (χ3n) is 10.0. The van der Waals surface area contributed by atoms with Crippen LogP contribution in [0.3, 0.4) is 0 Å². The van der Waals surface area contributed by atoms with Crippen LogP contribution < -0.4 is 19.2 Å². The number of fused-ring (bicyclic) bond motifs is 9. The molecule has 1 saturated heterocycles. The Bertz CT molecular complexity index is 1870. The van der Waals surface area contributed by atoms with Gasteiger partial charge in [-0.3, -0.25) is 19.3 Å². The number of aromatic amines is 1. The highest BCUT2D eigenvalue weighted by molar-refractivity contribution is 8.00. The summed E-state index contributed by atoms with van der Waals surface area (Å²) in [5.41, 5.74) is 3.74. The first-order valence-corrected chi connectivity index (χ1v) is 16.8. The van der Waals surface area contributed by atoms with Crippen LogP contribution in [-0.2, 0) is 16.2 Å². The number of anilines is 1. The lowest BCUT2D eigenvalue weighted by molar-refractivity contribution is -0.123. The molecule has 1 aromatic heterocycles. The van der Waals surface area contributed by atoms with Crippen LogP contribution in [0.15, 0.2) is 76.6 Å². The van der Waals surface area contributed by atoms with Gasteiger partial charge in [0.25, 0.3) is 0 Å². The van der Waals surface area contributed by atoms with E-state index < -0.39 is 5.92 Å². The average Bonchev–Trinajstić information content (AvgIpc) is 3.76. The third kappa shape index (κ3) is 4.19. The topological polar surface area (TPSA) is 88.7 Å². The van der Waals surface area contributed by atoms with Gasteiger partial charge in [0, 0.05) is 26.6 Å². The molecule has 6 unspecified atom stereocenters. The van der Waals surface area contributed by atoms with Gasteiger partial charge in [0.1, 0.15) is 18.1 Å². The number of thiazole rings is 1. The molecule has 8 rings (SSSR count). The van der Waals surface area contributed by atoms with Gasteiger partial charge < -0.3 is 14.5 Å². The van der Waals surface area contributed by atoms with Crippen molar-refractivity contribution in [2.45, 2.75) is 36.1 Å². The van der Waals surface area contributed by atoms with E-state index in [1.807, 2.05) is 30.3 Å². The number of ether oxygens (including phenoxy) is 2. The molecule has 224 valence electrons. The molecule has 7 nitrogen and oxygen atoms in total. The fourth-order valence-corrected chi connectivity index (χ4v) is 11.2. The summed E-state index contributed by atoms with van der Waals surface area (Å²) in [6.07, 6.45) is 0.807. The number of carbonyl (C=O) groups is 2. The van der Waals surface area contributed by atoms with Gasteiger partial charge >= 0.3 is 4.87 Å². The van der Waals surface area contributed by atoms with Gasteiger partial charge in [-0.2, -0.15) is 0 Å². The zero-order chi connectivity index (χ0) is 30.3. The van der Waals surface area contributed by atoms with Crippen LogP contribution in [0.2, 0.25) is 5.02 Å². The molecule has 0 radical (unpaired) electrons. The second-order valence-electron chi connectivity index (χ2n) is 12.1. The minimum atomic E-state index is -0.397. The van der Waals surface area contributed by atoms with Crippen LogP contribution in [0.4, 0.5) is 5.69 Å². The number of carbonyl (C=O) groups excluding carboxylic acids is 2. The quantitative estimate of drug-likeness (QED) is 0.236. The molecule has 4 aromatic rings. The van der Waals surface area contributed by atoms with Gasteiger partial charge in [0.15, 0.2) is 0 Å². The maximum atomic E-state index is 14.1. The summed E-state index contributed by atoms with van der Waals surface area (Å²) in [6, 6.07) is 20.9. The number of aromatic nitrogens is 1. The summed E-state index contributed by atoms with van der Waals surface area (Å²) in [4.78, 5) is 46.1. The SMILES string of the molecule is COc1ccc(N2C(=O)C3C4CC(C3C2=O)C2C4Sc3[nH]c(=O)sc3[C@@H]2c2cc(Cl)ccc2OCc2ccccc2C)cc1. The molecule has 1 N–H and O–H groups in total. The molecule has 44 heavy (non-hydrogen) atoms. The van der Waals surface area contributed by atoms with E-state index >= 15 is 0 Å². The van der Waals surface area contributed by atoms with E-state index in [0.717, 1.165) is 33.0 Å². The summed E-state index contributed by atoms with van der Waals surface area (Å²) < 4.78 is 11.8. The first kappa shape index (κ1) is 28.0.